The molecule has 1 rings (SSSR count). The summed E-state index contributed by atoms with van der Waals surface area (Å²) in [6, 6.07) is 3.42. The summed E-state index contributed by atoms with van der Waals surface area (Å²) in [5, 5.41) is 7.64. The van der Waals surface area contributed by atoms with Crippen LogP contribution >= 0.6 is 0 Å². The molecule has 0 unspecified atom stereocenters. The molecule has 9 heavy (non-hydrogen) atoms. The van der Waals surface area contributed by atoms with Crippen molar-refractivity contribution in [1.29, 1.82) is 5.41 Å². The molecular formula is C7H8N2. The Morgan fingerprint density at radius 2 is 2.00 bits per heavy atom. The molecule has 0 saturated carbocycles. The van der Waals surface area contributed by atoms with Gasteiger partial charge in [-0.3, -0.25) is 0 Å². The van der Waals surface area contributed by atoms with Crippen molar-refractivity contribution in [3.63, 3.8) is 0 Å². The topological polar surface area (TPSA) is 28.8 Å². The number of nitrogens with zero attached hydrogens (tertiary/aromatic N) is 1. The summed E-state index contributed by atoms with van der Waals surface area (Å²) in [6.45, 7) is 3.56. The van der Waals surface area contributed by atoms with E-state index >= 15 is 0 Å². The minimum absolute atomic E-state index is 0.521. The van der Waals surface area contributed by atoms with E-state index in [9.17, 15) is 0 Å². The highest BCUT2D eigenvalue weighted by Gasteiger charge is 1.75. The Morgan fingerprint density at radius 3 is 2.44 bits per heavy atom. The standard InChI is InChI=1S/C7H8N2/c1-2-9-5-3-7(8)4-6-9/h2-6,8H,1H2. The Bertz CT molecular complexity index is 239. The monoisotopic (exact) mass is 120 g/mol. The van der Waals surface area contributed by atoms with E-state index < -0.39 is 0 Å². The maximum Gasteiger partial charge on any atom is 0.0569 e. The smallest absolute Gasteiger partial charge is 0.0569 e. The molecule has 0 spiro atoms. The quantitative estimate of drug-likeness (QED) is 0.574. The van der Waals surface area contributed by atoms with Crippen molar-refractivity contribution >= 4 is 6.20 Å². The molecule has 0 amide bonds. The van der Waals surface area contributed by atoms with Gasteiger partial charge in [0.1, 0.15) is 0 Å². The minimum Gasteiger partial charge on any atom is -0.331 e. The lowest BCUT2D eigenvalue weighted by Crippen LogP contribution is -1.98. The van der Waals surface area contributed by atoms with E-state index in [0.717, 1.165) is 0 Å². The van der Waals surface area contributed by atoms with Crippen molar-refractivity contribution in [2.24, 2.45) is 0 Å². The van der Waals surface area contributed by atoms with Gasteiger partial charge in [0.05, 0.1) is 5.36 Å². The Morgan fingerprint density at radius 1 is 1.44 bits per heavy atom. The fourth-order valence-electron chi connectivity index (χ4n) is 0.560. The molecular weight excluding hydrogens is 112 g/mol. The van der Waals surface area contributed by atoms with Crippen molar-refractivity contribution in [2.75, 3.05) is 0 Å². The zero-order valence-corrected chi connectivity index (χ0v) is 5.04. The first-order chi connectivity index (χ1) is 4.33. The van der Waals surface area contributed by atoms with Crippen LogP contribution in [0.3, 0.4) is 0 Å². The number of nitrogens with one attached hydrogen (secondary N) is 1. The predicted molar refractivity (Wildman–Crippen MR) is 36.7 cm³/mol. The van der Waals surface area contributed by atoms with Gasteiger partial charge >= 0.3 is 0 Å². The normalized spacial score (nSPS) is 8.89. The van der Waals surface area contributed by atoms with Crippen molar-refractivity contribution in [3.8, 4) is 0 Å². The summed E-state index contributed by atoms with van der Waals surface area (Å²) in [6.07, 6.45) is 5.25. The van der Waals surface area contributed by atoms with Crippen LogP contribution in [0.2, 0.25) is 0 Å². The predicted octanol–water partition coefficient (Wildman–Crippen LogP) is 1.07. The molecule has 0 aromatic carbocycles. The van der Waals surface area contributed by atoms with E-state index in [0.29, 0.717) is 5.36 Å². The van der Waals surface area contributed by atoms with E-state index in [2.05, 4.69) is 6.58 Å². The number of pyridine rings is 1. The third kappa shape index (κ3) is 1.29. The van der Waals surface area contributed by atoms with Crippen molar-refractivity contribution < 1.29 is 0 Å². The first kappa shape index (κ1) is 5.82. The molecule has 0 atom stereocenters. The lowest BCUT2D eigenvalue weighted by molar-refractivity contribution is 1.09. The van der Waals surface area contributed by atoms with Crippen LogP contribution in [-0.4, -0.2) is 4.57 Å². The number of hydrogen-bond acceptors (Lipinski definition) is 1. The maximum absolute atomic E-state index is 7.12. The Hall–Kier alpha value is -1.31. The van der Waals surface area contributed by atoms with Crippen LogP contribution in [0, 0.1) is 5.41 Å². The zero-order chi connectivity index (χ0) is 6.69. The minimum atomic E-state index is 0.521. The molecule has 46 valence electrons. The Labute approximate surface area is 53.6 Å². The summed E-state index contributed by atoms with van der Waals surface area (Å²) < 4.78 is 1.79. The van der Waals surface area contributed by atoms with Gasteiger partial charge in [-0.2, -0.15) is 0 Å². The van der Waals surface area contributed by atoms with Gasteiger partial charge in [-0.05, 0) is 12.1 Å². The van der Waals surface area contributed by atoms with E-state index in [1.54, 1.807) is 35.3 Å². The van der Waals surface area contributed by atoms with Crippen LogP contribution in [0.5, 0.6) is 0 Å². The highest BCUT2D eigenvalue weighted by atomic mass is 14.9. The number of aromatic nitrogens is 1. The molecule has 2 nitrogen and oxygen atoms in total. The zero-order valence-electron chi connectivity index (χ0n) is 5.04. The second-order valence-corrected chi connectivity index (χ2v) is 1.72. The third-order valence-corrected chi connectivity index (χ3v) is 1.06. The van der Waals surface area contributed by atoms with Crippen LogP contribution in [0.1, 0.15) is 0 Å². The van der Waals surface area contributed by atoms with E-state index in [-0.39, 0.29) is 0 Å². The summed E-state index contributed by atoms with van der Waals surface area (Å²) in [5.74, 6) is 0. The molecule has 0 bridgehead atoms. The highest BCUT2D eigenvalue weighted by Crippen LogP contribution is 1.80. The fourth-order valence-corrected chi connectivity index (χ4v) is 0.560. The lowest BCUT2D eigenvalue weighted by atomic mass is 10.5. The number of hydrogen-bond donors (Lipinski definition) is 1. The van der Waals surface area contributed by atoms with E-state index in [1.165, 1.54) is 0 Å². The van der Waals surface area contributed by atoms with Crippen LogP contribution in [0.25, 0.3) is 6.20 Å². The first-order valence-electron chi connectivity index (χ1n) is 2.68. The van der Waals surface area contributed by atoms with Gasteiger partial charge in [-0.25, -0.2) is 0 Å². The Kier molecular flexibility index (Phi) is 1.49. The summed E-state index contributed by atoms with van der Waals surface area (Å²) >= 11 is 0. The lowest BCUT2D eigenvalue weighted by Gasteiger charge is -1.93. The second kappa shape index (κ2) is 2.31. The number of rotatable bonds is 1. The summed E-state index contributed by atoms with van der Waals surface area (Å²) in [7, 11) is 0. The maximum atomic E-state index is 7.12. The largest absolute Gasteiger partial charge is 0.331 e. The Balaban J connectivity index is 3.16. The third-order valence-electron chi connectivity index (χ3n) is 1.06. The van der Waals surface area contributed by atoms with Gasteiger partial charge < -0.3 is 9.98 Å². The summed E-state index contributed by atoms with van der Waals surface area (Å²) in [5.41, 5.74) is 0. The molecule has 1 N–H and O–H groups in total. The van der Waals surface area contributed by atoms with Crippen molar-refractivity contribution in [1.82, 2.24) is 4.57 Å². The van der Waals surface area contributed by atoms with Gasteiger partial charge in [0.15, 0.2) is 0 Å². The average Bonchev–Trinajstić information content (AvgIpc) is 1.90. The second-order valence-electron chi connectivity index (χ2n) is 1.72. The average molecular weight is 120 g/mol. The molecule has 0 saturated heterocycles. The molecule has 0 fully saturated rings. The molecule has 0 aliphatic heterocycles. The SMILES string of the molecule is C=Cn1ccc(=N)cc1. The van der Waals surface area contributed by atoms with Crippen LogP contribution in [-0.2, 0) is 0 Å². The molecule has 2 heteroatoms. The fraction of sp³-hybridized carbons (Fsp3) is 0. The van der Waals surface area contributed by atoms with Crippen LogP contribution in [0.4, 0.5) is 0 Å². The van der Waals surface area contributed by atoms with Gasteiger partial charge in [-0.15, -0.1) is 0 Å². The molecule has 0 aliphatic carbocycles. The van der Waals surface area contributed by atoms with Gasteiger partial charge in [-0.1, -0.05) is 6.58 Å². The van der Waals surface area contributed by atoms with Gasteiger partial charge in [0.2, 0.25) is 0 Å². The van der Waals surface area contributed by atoms with Crippen molar-refractivity contribution in [2.45, 2.75) is 0 Å². The van der Waals surface area contributed by atoms with Crippen LogP contribution < -0.4 is 5.36 Å². The molecule has 0 radical (unpaired) electrons. The highest BCUT2D eigenvalue weighted by molar-refractivity contribution is 5.16. The van der Waals surface area contributed by atoms with Gasteiger partial charge in [0, 0.05) is 18.6 Å². The van der Waals surface area contributed by atoms with Gasteiger partial charge in [0.25, 0.3) is 0 Å². The molecule has 1 heterocycles. The van der Waals surface area contributed by atoms with E-state index in [1.807, 2.05) is 0 Å². The van der Waals surface area contributed by atoms with Crippen LogP contribution in [0.15, 0.2) is 31.1 Å². The van der Waals surface area contributed by atoms with Crippen molar-refractivity contribution in [3.05, 3.63) is 36.5 Å². The van der Waals surface area contributed by atoms with E-state index in [4.69, 9.17) is 5.41 Å². The molecule has 1 aromatic heterocycles. The first-order valence-corrected chi connectivity index (χ1v) is 2.68. The summed E-state index contributed by atoms with van der Waals surface area (Å²) in [4.78, 5) is 0. The molecule has 1 aromatic rings. The molecule has 0 aliphatic rings.